The first-order chi connectivity index (χ1) is 14.1. The van der Waals surface area contributed by atoms with E-state index in [-0.39, 0.29) is 11.6 Å². The summed E-state index contributed by atoms with van der Waals surface area (Å²) in [5.74, 6) is -0.578. The van der Waals surface area contributed by atoms with Crippen LogP contribution in [0.1, 0.15) is 25.8 Å². The Labute approximate surface area is 175 Å². The van der Waals surface area contributed by atoms with Gasteiger partial charge >= 0.3 is 5.97 Å². The maximum atomic E-state index is 12.6. The number of esters is 1. The van der Waals surface area contributed by atoms with Crippen LogP contribution in [0.3, 0.4) is 0 Å². The van der Waals surface area contributed by atoms with Crippen LogP contribution in [0.4, 0.5) is 5.69 Å². The van der Waals surface area contributed by atoms with Crippen LogP contribution < -0.4 is 5.01 Å². The summed E-state index contributed by atoms with van der Waals surface area (Å²) in [6.07, 6.45) is -4.65. The molecule has 5 atom stereocenters. The number of anilines is 1. The van der Waals surface area contributed by atoms with Crippen molar-refractivity contribution >= 4 is 28.9 Å². The van der Waals surface area contributed by atoms with Gasteiger partial charge in [-0.1, -0.05) is 11.6 Å². The molecule has 0 aromatic carbocycles. The first-order valence-electron chi connectivity index (χ1n) is 9.24. The Morgan fingerprint density at radius 3 is 2.70 bits per heavy atom. The topological polar surface area (TPSA) is 170 Å². The molecule has 2 aromatic heterocycles. The number of carbonyl (C=O) groups excluding carboxylic acids is 1. The predicted octanol–water partition coefficient (Wildman–Crippen LogP) is -2.17. The third-order valence-electron chi connectivity index (χ3n) is 5.81. The van der Waals surface area contributed by atoms with Gasteiger partial charge in [0.15, 0.2) is 5.15 Å². The molecule has 4 heterocycles. The Bertz CT molecular complexity index is 986. The van der Waals surface area contributed by atoms with Gasteiger partial charge in [0.25, 0.3) is 0 Å². The molecule has 0 saturated carbocycles. The fourth-order valence-electron chi connectivity index (χ4n) is 4.49. The summed E-state index contributed by atoms with van der Waals surface area (Å²) in [6.45, 7) is 2.91. The number of aliphatic hydroxyl groups is 4. The van der Waals surface area contributed by atoms with E-state index in [1.807, 2.05) is 13.8 Å². The number of hydrazine groups is 1. The van der Waals surface area contributed by atoms with Gasteiger partial charge < -0.3 is 25.2 Å². The van der Waals surface area contributed by atoms with Gasteiger partial charge in [0, 0.05) is 6.42 Å². The first kappa shape index (κ1) is 21.1. The molecule has 4 rings (SSSR count). The highest BCUT2D eigenvalue weighted by atomic mass is 35.5. The third-order valence-corrected chi connectivity index (χ3v) is 6.07. The highest BCUT2D eigenvalue weighted by Crippen LogP contribution is 2.54. The molecule has 0 bridgehead atoms. The van der Waals surface area contributed by atoms with Crippen molar-refractivity contribution in [2.45, 2.75) is 56.2 Å². The van der Waals surface area contributed by atoms with E-state index in [1.165, 1.54) is 11.7 Å². The van der Waals surface area contributed by atoms with E-state index >= 15 is 0 Å². The van der Waals surface area contributed by atoms with E-state index in [0.717, 1.165) is 0 Å². The maximum Gasteiger partial charge on any atom is 0.330 e. The average molecular weight is 444 g/mol. The van der Waals surface area contributed by atoms with Gasteiger partial charge in [0.2, 0.25) is 5.65 Å². The summed E-state index contributed by atoms with van der Waals surface area (Å²) in [6, 6.07) is -1.72. The molecule has 13 nitrogen and oxygen atoms in total. The molecule has 4 N–H and O–H groups in total. The van der Waals surface area contributed by atoms with Crippen molar-refractivity contribution in [1.82, 2.24) is 30.3 Å². The molecular weight excluding hydrogens is 422 g/mol. The predicted molar refractivity (Wildman–Crippen MR) is 100 cm³/mol. The Morgan fingerprint density at radius 2 is 2.07 bits per heavy atom. The van der Waals surface area contributed by atoms with Gasteiger partial charge in [0.1, 0.15) is 23.9 Å². The minimum absolute atomic E-state index is 0.0420. The van der Waals surface area contributed by atoms with E-state index in [0.29, 0.717) is 16.9 Å². The van der Waals surface area contributed by atoms with Gasteiger partial charge in [-0.15, -0.1) is 14.8 Å². The summed E-state index contributed by atoms with van der Waals surface area (Å²) >= 11 is 6.44. The zero-order valence-corrected chi connectivity index (χ0v) is 17.2. The molecule has 14 heteroatoms. The van der Waals surface area contributed by atoms with Crippen molar-refractivity contribution in [3.8, 4) is 0 Å². The second-order valence-corrected chi connectivity index (χ2v) is 8.19. The van der Waals surface area contributed by atoms with Crippen molar-refractivity contribution in [3.05, 3.63) is 10.7 Å². The number of rotatable bonds is 5. The molecular formula is C16H22ClN7O6. The molecule has 0 spiro atoms. The Hall–Kier alpha value is -2.16. The van der Waals surface area contributed by atoms with Gasteiger partial charge in [-0.25, -0.2) is 9.80 Å². The monoisotopic (exact) mass is 443 g/mol. The SMILES string of the molecule is COC(=O)[C@@H]1C[C@@H](C(O)[C@H](O)C(O)CO)N2N1c1c(Cl)nn3nnnc3c1C2(C)C. The number of hydrogen-bond acceptors (Lipinski definition) is 12. The van der Waals surface area contributed by atoms with E-state index < -0.39 is 48.5 Å². The second kappa shape index (κ2) is 7.21. The molecule has 2 unspecified atom stereocenters. The summed E-state index contributed by atoms with van der Waals surface area (Å²) in [5.41, 5.74) is 0.402. The second-order valence-electron chi connectivity index (χ2n) is 7.83. The maximum absolute atomic E-state index is 12.6. The standard InChI is InChI=1S/C16H22ClN7O6/c1-16(2)9-10(13(17)19-24-14(9)18-20-21-24)22-7(15(29)30-3)4-6(23(16)22)11(27)12(28)8(26)5-25/h6-8,11-12,25-28H,4-5H2,1-3H3/t6-,7-,8?,11?,12+/m0/s1. The molecule has 0 amide bonds. The highest BCUT2D eigenvalue weighted by Gasteiger charge is 2.60. The van der Waals surface area contributed by atoms with Crippen molar-refractivity contribution in [2.75, 3.05) is 18.7 Å². The van der Waals surface area contributed by atoms with Gasteiger partial charge in [0.05, 0.1) is 37.0 Å². The molecule has 1 saturated heterocycles. The van der Waals surface area contributed by atoms with Crippen LogP contribution in [0.25, 0.3) is 5.65 Å². The van der Waals surface area contributed by atoms with Crippen LogP contribution in [-0.2, 0) is 15.1 Å². The van der Waals surface area contributed by atoms with Crippen LogP contribution in [0.2, 0.25) is 5.15 Å². The van der Waals surface area contributed by atoms with Gasteiger partial charge in [-0.2, -0.15) is 0 Å². The number of aliphatic hydroxyl groups excluding tert-OH is 4. The largest absolute Gasteiger partial charge is 0.467 e. The average Bonchev–Trinajstić information content (AvgIpc) is 3.39. The fourth-order valence-corrected chi connectivity index (χ4v) is 4.74. The number of aromatic nitrogens is 5. The number of ether oxygens (including phenoxy) is 1. The molecule has 2 aliphatic rings. The quantitative estimate of drug-likeness (QED) is 0.369. The minimum Gasteiger partial charge on any atom is -0.467 e. The van der Waals surface area contributed by atoms with Gasteiger partial charge in [-0.05, 0) is 24.3 Å². The third kappa shape index (κ3) is 2.77. The molecule has 30 heavy (non-hydrogen) atoms. The molecule has 1 fully saturated rings. The zero-order valence-electron chi connectivity index (χ0n) is 16.4. The van der Waals surface area contributed by atoms with Crippen molar-refractivity contribution < 1.29 is 30.0 Å². The van der Waals surface area contributed by atoms with Crippen LogP contribution in [-0.4, -0.2) is 101 Å². The molecule has 2 aliphatic heterocycles. The number of nitrogens with zero attached hydrogens (tertiary/aromatic N) is 7. The Morgan fingerprint density at radius 1 is 1.37 bits per heavy atom. The van der Waals surface area contributed by atoms with Crippen LogP contribution >= 0.6 is 11.6 Å². The normalized spacial score (nSPS) is 25.8. The fraction of sp³-hybridized carbons (Fsp3) is 0.688. The first-order valence-corrected chi connectivity index (χ1v) is 9.62. The smallest absolute Gasteiger partial charge is 0.330 e. The van der Waals surface area contributed by atoms with Crippen LogP contribution in [0.5, 0.6) is 0 Å². The molecule has 0 aliphatic carbocycles. The summed E-state index contributed by atoms with van der Waals surface area (Å²) in [4.78, 5) is 12.6. The lowest BCUT2D eigenvalue weighted by Crippen LogP contribution is -2.56. The Balaban J connectivity index is 1.89. The van der Waals surface area contributed by atoms with E-state index in [2.05, 4.69) is 20.6 Å². The molecule has 2 aromatic rings. The van der Waals surface area contributed by atoms with E-state index in [1.54, 1.807) is 10.0 Å². The summed E-state index contributed by atoms with van der Waals surface area (Å²) in [7, 11) is 1.24. The van der Waals surface area contributed by atoms with Crippen molar-refractivity contribution in [1.29, 1.82) is 0 Å². The van der Waals surface area contributed by atoms with Gasteiger partial charge in [-0.3, -0.25) is 5.01 Å². The zero-order chi connectivity index (χ0) is 22.0. The number of tetrazole rings is 1. The number of halogens is 1. The summed E-state index contributed by atoms with van der Waals surface area (Å²) < 4.78 is 6.12. The van der Waals surface area contributed by atoms with Crippen molar-refractivity contribution in [3.63, 3.8) is 0 Å². The summed E-state index contributed by atoms with van der Waals surface area (Å²) in [5, 5.41) is 59.1. The van der Waals surface area contributed by atoms with Crippen molar-refractivity contribution in [2.24, 2.45) is 0 Å². The number of methoxy groups -OCH3 is 1. The number of hydrogen-bond donors (Lipinski definition) is 4. The highest BCUT2D eigenvalue weighted by molar-refractivity contribution is 6.32. The minimum atomic E-state index is -1.65. The lowest BCUT2D eigenvalue weighted by molar-refractivity contribution is -0.142. The Kier molecular flexibility index (Phi) is 5.07. The molecule has 164 valence electrons. The van der Waals surface area contributed by atoms with Crippen LogP contribution in [0, 0.1) is 0 Å². The lowest BCUT2D eigenvalue weighted by atomic mass is 9.89. The molecule has 0 radical (unpaired) electrons. The van der Waals surface area contributed by atoms with Crippen LogP contribution in [0.15, 0.2) is 0 Å². The van der Waals surface area contributed by atoms with E-state index in [4.69, 9.17) is 21.4 Å². The lowest BCUT2D eigenvalue weighted by Gasteiger charge is -2.40. The number of fused-ring (bicyclic) bond motifs is 5. The van der Waals surface area contributed by atoms with E-state index in [9.17, 15) is 20.1 Å². The number of carbonyl (C=O) groups is 1.